The van der Waals surface area contributed by atoms with Crippen molar-refractivity contribution in [2.24, 2.45) is 0 Å². The number of amides is 2. The quantitative estimate of drug-likeness (QED) is 0.167. The summed E-state index contributed by atoms with van der Waals surface area (Å²) in [6.07, 6.45) is 0.966. The fourth-order valence-corrected chi connectivity index (χ4v) is 6.72. The van der Waals surface area contributed by atoms with Crippen LogP contribution in [0.2, 0.25) is 5.02 Å². The largest absolute Gasteiger partial charge is 0.352 e. The van der Waals surface area contributed by atoms with E-state index in [2.05, 4.69) is 5.32 Å². The van der Waals surface area contributed by atoms with Gasteiger partial charge in [-0.05, 0) is 75.1 Å². The first-order valence-corrected chi connectivity index (χ1v) is 17.3. The predicted octanol–water partition coefficient (Wildman–Crippen LogP) is 7.02. The summed E-state index contributed by atoms with van der Waals surface area (Å²) in [5, 5.41) is 3.40. The van der Waals surface area contributed by atoms with E-state index in [1.807, 2.05) is 82.3 Å². The van der Waals surface area contributed by atoms with Crippen molar-refractivity contribution in [3.8, 4) is 0 Å². The number of benzene rings is 4. The van der Waals surface area contributed by atoms with Crippen molar-refractivity contribution >= 4 is 39.1 Å². The van der Waals surface area contributed by atoms with Crippen LogP contribution in [-0.4, -0.2) is 43.8 Å². The first-order chi connectivity index (χ1) is 21.9. The molecule has 0 bridgehead atoms. The Labute approximate surface area is 278 Å². The molecule has 242 valence electrons. The molecule has 0 unspecified atom stereocenters. The van der Waals surface area contributed by atoms with Crippen LogP contribution in [0.5, 0.6) is 0 Å². The SMILES string of the molecule is CC[C@H](C)NC(=O)[C@@H](Cc1ccccc1)N(Cc1ccc(C)cc1)C(=O)CN(c1cc(Cl)ccc1C)S(=O)(=O)c1ccc(C)cc1. The van der Waals surface area contributed by atoms with Crippen molar-refractivity contribution in [3.63, 3.8) is 0 Å². The molecule has 4 aromatic carbocycles. The molecule has 2 atom stereocenters. The summed E-state index contributed by atoms with van der Waals surface area (Å²) < 4.78 is 29.7. The van der Waals surface area contributed by atoms with Crippen LogP contribution in [0.4, 0.5) is 5.69 Å². The fraction of sp³-hybridized carbons (Fsp3) is 0.297. The van der Waals surface area contributed by atoms with Crippen LogP contribution in [-0.2, 0) is 32.6 Å². The highest BCUT2D eigenvalue weighted by Crippen LogP contribution is 2.30. The van der Waals surface area contributed by atoms with Gasteiger partial charge in [-0.3, -0.25) is 13.9 Å². The van der Waals surface area contributed by atoms with Gasteiger partial charge in [-0.2, -0.15) is 0 Å². The van der Waals surface area contributed by atoms with Gasteiger partial charge in [0.25, 0.3) is 10.0 Å². The van der Waals surface area contributed by atoms with Crippen LogP contribution in [0.3, 0.4) is 0 Å². The Balaban J connectivity index is 1.83. The third kappa shape index (κ3) is 8.77. The normalized spacial score (nSPS) is 12.7. The number of hydrogen-bond acceptors (Lipinski definition) is 4. The number of carbonyl (C=O) groups is 2. The van der Waals surface area contributed by atoms with Crippen LogP contribution in [0.1, 0.15) is 48.1 Å². The lowest BCUT2D eigenvalue weighted by Crippen LogP contribution is -2.54. The fourth-order valence-electron chi connectivity index (χ4n) is 5.09. The van der Waals surface area contributed by atoms with Gasteiger partial charge in [-0.15, -0.1) is 0 Å². The maximum Gasteiger partial charge on any atom is 0.264 e. The Hall–Kier alpha value is -4.14. The Morgan fingerprint density at radius 2 is 1.43 bits per heavy atom. The summed E-state index contributed by atoms with van der Waals surface area (Å²) in [6, 6.07) is 27.7. The Morgan fingerprint density at radius 1 is 0.826 bits per heavy atom. The van der Waals surface area contributed by atoms with E-state index in [1.54, 1.807) is 37.3 Å². The van der Waals surface area contributed by atoms with Crippen LogP contribution < -0.4 is 9.62 Å². The second-order valence-electron chi connectivity index (χ2n) is 11.8. The average molecular weight is 660 g/mol. The number of nitrogens with zero attached hydrogens (tertiary/aromatic N) is 2. The van der Waals surface area contributed by atoms with Gasteiger partial charge < -0.3 is 10.2 Å². The maximum atomic E-state index is 14.6. The predicted molar refractivity (Wildman–Crippen MR) is 185 cm³/mol. The zero-order valence-corrected chi connectivity index (χ0v) is 28.6. The lowest BCUT2D eigenvalue weighted by atomic mass is 10.0. The number of hydrogen-bond donors (Lipinski definition) is 1. The van der Waals surface area contributed by atoms with E-state index in [-0.39, 0.29) is 29.8 Å². The number of sulfonamides is 1. The molecule has 2 amide bonds. The maximum absolute atomic E-state index is 14.6. The first kappa shape index (κ1) is 34.7. The monoisotopic (exact) mass is 659 g/mol. The summed E-state index contributed by atoms with van der Waals surface area (Å²) in [6.45, 7) is 9.10. The van der Waals surface area contributed by atoms with Gasteiger partial charge in [0.2, 0.25) is 11.8 Å². The van der Waals surface area contributed by atoms with Crippen molar-refractivity contribution in [3.05, 3.63) is 130 Å². The number of rotatable bonds is 13. The van der Waals surface area contributed by atoms with E-state index in [4.69, 9.17) is 11.6 Å². The second kappa shape index (κ2) is 15.4. The molecular formula is C37H42ClN3O4S. The van der Waals surface area contributed by atoms with Crippen molar-refractivity contribution in [2.45, 2.75) is 71.0 Å². The Morgan fingerprint density at radius 3 is 2.04 bits per heavy atom. The lowest BCUT2D eigenvalue weighted by Gasteiger charge is -2.34. The third-order valence-corrected chi connectivity index (χ3v) is 10.1. The lowest BCUT2D eigenvalue weighted by molar-refractivity contribution is -0.140. The van der Waals surface area contributed by atoms with Crippen LogP contribution >= 0.6 is 11.6 Å². The minimum atomic E-state index is -4.22. The van der Waals surface area contributed by atoms with Crippen molar-refractivity contribution in [2.75, 3.05) is 10.8 Å². The zero-order valence-electron chi connectivity index (χ0n) is 27.0. The molecule has 0 saturated carbocycles. The molecular weight excluding hydrogens is 618 g/mol. The summed E-state index contributed by atoms with van der Waals surface area (Å²) in [4.78, 5) is 30.1. The van der Waals surface area contributed by atoms with E-state index in [0.717, 1.165) is 26.6 Å². The molecule has 46 heavy (non-hydrogen) atoms. The minimum absolute atomic E-state index is 0.0470. The summed E-state index contributed by atoms with van der Waals surface area (Å²) in [7, 11) is -4.22. The highest BCUT2D eigenvalue weighted by atomic mass is 35.5. The van der Waals surface area contributed by atoms with E-state index in [1.165, 1.54) is 17.0 Å². The summed E-state index contributed by atoms with van der Waals surface area (Å²) in [5.41, 5.74) is 4.59. The Bertz CT molecular complexity index is 1740. The molecule has 7 nitrogen and oxygen atoms in total. The zero-order chi connectivity index (χ0) is 33.4. The van der Waals surface area contributed by atoms with E-state index >= 15 is 0 Å². The van der Waals surface area contributed by atoms with E-state index in [9.17, 15) is 18.0 Å². The number of aryl methyl sites for hydroxylation is 3. The van der Waals surface area contributed by atoms with Crippen molar-refractivity contribution in [1.82, 2.24) is 10.2 Å². The van der Waals surface area contributed by atoms with Gasteiger partial charge in [0.15, 0.2) is 0 Å². The molecule has 0 aliphatic carbocycles. The second-order valence-corrected chi connectivity index (χ2v) is 14.1. The molecule has 0 aliphatic rings. The van der Waals surface area contributed by atoms with Gasteiger partial charge in [-0.1, -0.05) is 102 Å². The number of carbonyl (C=O) groups excluding carboxylic acids is 2. The molecule has 4 rings (SSSR count). The van der Waals surface area contributed by atoms with E-state index < -0.39 is 28.5 Å². The molecule has 4 aromatic rings. The molecule has 0 fully saturated rings. The minimum Gasteiger partial charge on any atom is -0.352 e. The number of halogens is 1. The highest BCUT2D eigenvalue weighted by molar-refractivity contribution is 7.92. The topological polar surface area (TPSA) is 86.8 Å². The van der Waals surface area contributed by atoms with Gasteiger partial charge in [0.05, 0.1) is 10.6 Å². The van der Waals surface area contributed by atoms with Crippen LogP contribution in [0, 0.1) is 20.8 Å². The first-order valence-electron chi connectivity index (χ1n) is 15.4. The van der Waals surface area contributed by atoms with Gasteiger partial charge in [0, 0.05) is 24.0 Å². The number of nitrogens with one attached hydrogen (secondary N) is 1. The van der Waals surface area contributed by atoms with Gasteiger partial charge >= 0.3 is 0 Å². The standard InChI is InChI=1S/C37H42ClN3O4S/c1-6-29(5)39-37(43)35(22-30-10-8-7-9-11-30)40(24-31-17-12-26(2)13-18-31)36(42)25-41(34-23-32(38)19-16-28(34)4)46(44,45)33-20-14-27(3)15-21-33/h7-21,23,29,35H,6,22,24-25H2,1-5H3,(H,39,43)/t29-,35+/m0/s1. The van der Waals surface area contributed by atoms with Crippen LogP contribution in [0.25, 0.3) is 0 Å². The smallest absolute Gasteiger partial charge is 0.264 e. The molecule has 0 heterocycles. The van der Waals surface area contributed by atoms with Crippen molar-refractivity contribution in [1.29, 1.82) is 0 Å². The molecule has 0 saturated heterocycles. The van der Waals surface area contributed by atoms with Gasteiger partial charge in [0.1, 0.15) is 12.6 Å². The molecule has 0 radical (unpaired) electrons. The molecule has 0 spiro atoms. The molecule has 0 aliphatic heterocycles. The third-order valence-electron chi connectivity index (χ3n) is 8.07. The van der Waals surface area contributed by atoms with E-state index in [0.29, 0.717) is 22.7 Å². The van der Waals surface area contributed by atoms with Crippen molar-refractivity contribution < 1.29 is 18.0 Å². The molecule has 0 aromatic heterocycles. The summed E-state index contributed by atoms with van der Waals surface area (Å²) >= 11 is 6.37. The van der Waals surface area contributed by atoms with Gasteiger partial charge in [-0.25, -0.2) is 8.42 Å². The average Bonchev–Trinajstić information content (AvgIpc) is 3.04. The molecule has 1 N–H and O–H groups in total. The highest BCUT2D eigenvalue weighted by Gasteiger charge is 2.35. The Kier molecular flexibility index (Phi) is 11.7. The molecule has 9 heteroatoms. The number of anilines is 1. The summed E-state index contributed by atoms with van der Waals surface area (Å²) in [5.74, 6) is -0.818. The van der Waals surface area contributed by atoms with Crippen LogP contribution in [0.15, 0.2) is 102 Å².